The maximum absolute atomic E-state index is 13.5. The molecule has 0 fully saturated rings. The molecular formula is C24H28BrClF3N3O4S. The molecule has 0 aliphatic rings. The Kier molecular flexibility index (Phi) is 10.4. The zero-order valence-electron chi connectivity index (χ0n) is 20.6. The number of amides is 2. The molecule has 0 unspecified atom stereocenters. The standard InChI is InChI=1S/C24H28BrClF3N3O4S/c1-5-15(2)30-23(34)16(3)31(13-17-7-6-8-19(25)11-17)22(33)14-32(37(4,35)36)21-12-18(24(27,28)29)9-10-20(21)26/h6-12,15-16H,5,13-14H2,1-4H3,(H,30,34)/t15-,16+/m1/s1. The average Bonchev–Trinajstić information content (AvgIpc) is 2.79. The monoisotopic (exact) mass is 625 g/mol. The number of hydrogen-bond donors (Lipinski definition) is 1. The van der Waals surface area contributed by atoms with Crippen LogP contribution in [0.15, 0.2) is 46.9 Å². The molecule has 204 valence electrons. The Balaban J connectivity index is 2.50. The zero-order chi connectivity index (χ0) is 28.1. The van der Waals surface area contributed by atoms with Crippen molar-refractivity contribution >= 4 is 55.1 Å². The topological polar surface area (TPSA) is 86.8 Å². The van der Waals surface area contributed by atoms with Crippen LogP contribution in [0.2, 0.25) is 5.02 Å². The molecule has 0 heterocycles. The lowest BCUT2D eigenvalue weighted by Gasteiger charge is -2.32. The fourth-order valence-corrected chi connectivity index (χ4v) is 4.92. The lowest BCUT2D eigenvalue weighted by Crippen LogP contribution is -2.52. The predicted octanol–water partition coefficient (Wildman–Crippen LogP) is 5.22. The molecule has 0 saturated carbocycles. The minimum Gasteiger partial charge on any atom is -0.352 e. The molecular weight excluding hydrogens is 599 g/mol. The molecule has 2 rings (SSSR count). The lowest BCUT2D eigenvalue weighted by atomic mass is 10.1. The molecule has 0 aliphatic heterocycles. The number of anilines is 1. The fraction of sp³-hybridized carbons (Fsp3) is 0.417. The highest BCUT2D eigenvalue weighted by Gasteiger charge is 2.34. The minimum atomic E-state index is -4.76. The molecule has 0 aromatic heterocycles. The molecule has 2 aromatic rings. The van der Waals surface area contributed by atoms with Crippen molar-refractivity contribution in [2.45, 2.75) is 52.0 Å². The van der Waals surface area contributed by atoms with Crippen LogP contribution in [-0.2, 0) is 32.3 Å². The van der Waals surface area contributed by atoms with Gasteiger partial charge in [0.25, 0.3) is 0 Å². The highest BCUT2D eigenvalue weighted by Crippen LogP contribution is 2.36. The first-order valence-corrected chi connectivity index (χ1v) is 14.2. The molecule has 7 nitrogen and oxygen atoms in total. The van der Waals surface area contributed by atoms with E-state index >= 15 is 0 Å². The van der Waals surface area contributed by atoms with Gasteiger partial charge >= 0.3 is 6.18 Å². The summed E-state index contributed by atoms with van der Waals surface area (Å²) < 4.78 is 66.4. The van der Waals surface area contributed by atoms with Crippen molar-refractivity contribution in [3.05, 3.63) is 63.1 Å². The van der Waals surface area contributed by atoms with Crippen LogP contribution in [0.3, 0.4) is 0 Å². The second kappa shape index (κ2) is 12.5. The van der Waals surface area contributed by atoms with Crippen molar-refractivity contribution in [3.8, 4) is 0 Å². The summed E-state index contributed by atoms with van der Waals surface area (Å²) in [5, 5.41) is 2.51. The first-order valence-electron chi connectivity index (χ1n) is 11.2. The second-order valence-corrected chi connectivity index (χ2v) is 11.8. The number of benzene rings is 2. The van der Waals surface area contributed by atoms with Crippen molar-refractivity contribution in [1.82, 2.24) is 10.2 Å². The summed E-state index contributed by atoms with van der Waals surface area (Å²) in [4.78, 5) is 27.6. The number of alkyl halides is 3. The normalized spacial score (nSPS) is 13.5. The zero-order valence-corrected chi connectivity index (χ0v) is 23.8. The van der Waals surface area contributed by atoms with E-state index in [-0.39, 0.29) is 17.6 Å². The number of hydrogen-bond acceptors (Lipinski definition) is 4. The summed E-state index contributed by atoms with van der Waals surface area (Å²) in [6.45, 7) is 4.25. The summed E-state index contributed by atoms with van der Waals surface area (Å²) in [5.41, 5.74) is -0.972. The Morgan fingerprint density at radius 2 is 1.78 bits per heavy atom. The number of sulfonamides is 1. The maximum Gasteiger partial charge on any atom is 0.416 e. The lowest BCUT2D eigenvalue weighted by molar-refractivity contribution is -0.139. The smallest absolute Gasteiger partial charge is 0.352 e. The van der Waals surface area contributed by atoms with Gasteiger partial charge in [-0.15, -0.1) is 0 Å². The van der Waals surface area contributed by atoms with Gasteiger partial charge in [0, 0.05) is 17.1 Å². The van der Waals surface area contributed by atoms with E-state index in [0.717, 1.165) is 22.9 Å². The Hall–Kier alpha value is -2.31. The highest BCUT2D eigenvalue weighted by molar-refractivity contribution is 9.10. The summed E-state index contributed by atoms with van der Waals surface area (Å²) in [6.07, 6.45) is -3.36. The third kappa shape index (κ3) is 8.61. The van der Waals surface area contributed by atoms with E-state index in [1.54, 1.807) is 31.2 Å². The molecule has 0 bridgehead atoms. The van der Waals surface area contributed by atoms with Gasteiger partial charge in [0.2, 0.25) is 21.8 Å². The van der Waals surface area contributed by atoms with Gasteiger partial charge in [-0.3, -0.25) is 13.9 Å². The Morgan fingerprint density at radius 3 is 2.32 bits per heavy atom. The molecule has 0 spiro atoms. The van der Waals surface area contributed by atoms with Gasteiger partial charge in [0.1, 0.15) is 12.6 Å². The van der Waals surface area contributed by atoms with Gasteiger partial charge in [0.05, 0.1) is 22.5 Å². The van der Waals surface area contributed by atoms with E-state index in [1.165, 1.54) is 11.8 Å². The number of halogens is 5. The largest absolute Gasteiger partial charge is 0.416 e. The summed E-state index contributed by atoms with van der Waals surface area (Å²) in [6, 6.07) is 7.99. The van der Waals surface area contributed by atoms with Crippen molar-refractivity contribution in [2.24, 2.45) is 0 Å². The Labute approximate surface area is 228 Å². The van der Waals surface area contributed by atoms with Crippen molar-refractivity contribution in [1.29, 1.82) is 0 Å². The van der Waals surface area contributed by atoms with Gasteiger partial charge < -0.3 is 10.2 Å². The van der Waals surface area contributed by atoms with Gasteiger partial charge in [-0.25, -0.2) is 8.42 Å². The molecule has 0 aliphatic carbocycles. The van der Waals surface area contributed by atoms with Crippen LogP contribution in [0.5, 0.6) is 0 Å². The minimum absolute atomic E-state index is 0.0543. The van der Waals surface area contributed by atoms with E-state index < -0.39 is 51.9 Å². The van der Waals surface area contributed by atoms with Crippen LogP contribution in [-0.4, -0.2) is 50.0 Å². The first-order chi connectivity index (χ1) is 17.0. The molecule has 1 N–H and O–H groups in total. The van der Waals surface area contributed by atoms with Crippen molar-refractivity contribution in [2.75, 3.05) is 17.1 Å². The number of carbonyl (C=O) groups excluding carboxylic acids is 2. The summed E-state index contributed by atoms with van der Waals surface area (Å²) in [5.74, 6) is -1.26. The van der Waals surface area contributed by atoms with Gasteiger partial charge in [-0.1, -0.05) is 46.6 Å². The van der Waals surface area contributed by atoms with Crippen LogP contribution in [0.1, 0.15) is 38.3 Å². The van der Waals surface area contributed by atoms with E-state index in [4.69, 9.17) is 11.6 Å². The van der Waals surface area contributed by atoms with E-state index in [9.17, 15) is 31.2 Å². The van der Waals surface area contributed by atoms with Gasteiger partial charge in [0.15, 0.2) is 0 Å². The molecule has 2 atom stereocenters. The second-order valence-electron chi connectivity index (χ2n) is 8.58. The van der Waals surface area contributed by atoms with E-state index in [2.05, 4.69) is 21.2 Å². The number of rotatable bonds is 10. The highest BCUT2D eigenvalue weighted by atomic mass is 79.9. The van der Waals surface area contributed by atoms with Crippen LogP contribution in [0.25, 0.3) is 0 Å². The molecule has 2 aromatic carbocycles. The van der Waals surface area contributed by atoms with Crippen LogP contribution in [0.4, 0.5) is 18.9 Å². The van der Waals surface area contributed by atoms with Crippen molar-refractivity contribution < 1.29 is 31.2 Å². The average molecular weight is 627 g/mol. The third-order valence-corrected chi connectivity index (χ3v) is 7.57. The first kappa shape index (κ1) is 30.9. The summed E-state index contributed by atoms with van der Waals surface area (Å²) >= 11 is 9.42. The third-order valence-electron chi connectivity index (χ3n) is 5.63. The van der Waals surface area contributed by atoms with Gasteiger partial charge in [-0.2, -0.15) is 13.2 Å². The van der Waals surface area contributed by atoms with E-state index in [0.29, 0.717) is 22.4 Å². The Bertz CT molecular complexity index is 1240. The predicted molar refractivity (Wildman–Crippen MR) is 141 cm³/mol. The number of nitrogens with one attached hydrogen (secondary N) is 1. The molecule has 0 radical (unpaired) electrons. The van der Waals surface area contributed by atoms with E-state index in [1.807, 2.05) is 6.92 Å². The number of carbonyl (C=O) groups is 2. The van der Waals surface area contributed by atoms with Crippen LogP contribution in [0, 0.1) is 0 Å². The quantitative estimate of drug-likeness (QED) is 0.392. The molecule has 37 heavy (non-hydrogen) atoms. The Morgan fingerprint density at radius 1 is 1.14 bits per heavy atom. The van der Waals surface area contributed by atoms with Crippen LogP contribution >= 0.6 is 27.5 Å². The van der Waals surface area contributed by atoms with Gasteiger partial charge in [-0.05, 0) is 56.2 Å². The molecule has 13 heteroatoms. The fourth-order valence-electron chi connectivity index (χ4n) is 3.36. The molecule has 2 amide bonds. The SMILES string of the molecule is CC[C@@H](C)NC(=O)[C@H](C)N(Cc1cccc(Br)c1)C(=O)CN(c1cc(C(F)(F)F)ccc1Cl)S(C)(=O)=O. The summed E-state index contributed by atoms with van der Waals surface area (Å²) in [7, 11) is -4.25. The van der Waals surface area contributed by atoms with Crippen molar-refractivity contribution in [3.63, 3.8) is 0 Å². The molecule has 0 saturated heterocycles. The van der Waals surface area contributed by atoms with Crippen LogP contribution < -0.4 is 9.62 Å². The maximum atomic E-state index is 13.5. The number of nitrogens with zero attached hydrogens (tertiary/aromatic N) is 2.